The van der Waals surface area contributed by atoms with E-state index in [2.05, 4.69) is 45.3 Å². The number of halogens is 1. The molecule has 1 aliphatic heterocycles. The number of amides is 1. The number of nitrogens with zero attached hydrogens (tertiary/aromatic N) is 3. The van der Waals surface area contributed by atoms with Crippen LogP contribution in [0.2, 0.25) is 5.02 Å². The fourth-order valence-electron chi connectivity index (χ4n) is 3.45. The lowest BCUT2D eigenvalue weighted by atomic mass is 10.2. The molecule has 0 saturated carbocycles. The summed E-state index contributed by atoms with van der Waals surface area (Å²) >= 11 is 6.08. The lowest BCUT2D eigenvalue weighted by Crippen LogP contribution is -2.49. The molecule has 0 aliphatic carbocycles. The summed E-state index contributed by atoms with van der Waals surface area (Å²) in [6.07, 6.45) is 0.930. The van der Waals surface area contributed by atoms with Gasteiger partial charge >= 0.3 is 0 Å². The highest BCUT2D eigenvalue weighted by atomic mass is 35.5. The minimum atomic E-state index is 0.110. The van der Waals surface area contributed by atoms with Gasteiger partial charge in [0.1, 0.15) is 0 Å². The van der Waals surface area contributed by atoms with E-state index in [0.29, 0.717) is 13.1 Å². The number of benzene rings is 2. The van der Waals surface area contributed by atoms with Gasteiger partial charge in [-0.15, -0.1) is 0 Å². The second-order valence-electron chi connectivity index (χ2n) is 7.20. The van der Waals surface area contributed by atoms with Gasteiger partial charge in [0.2, 0.25) is 5.91 Å². The molecule has 28 heavy (non-hydrogen) atoms. The maximum absolute atomic E-state index is 12.2. The van der Waals surface area contributed by atoms with Crippen molar-refractivity contribution in [2.45, 2.75) is 6.42 Å². The third-order valence-electron chi connectivity index (χ3n) is 5.10. The van der Waals surface area contributed by atoms with Crippen LogP contribution >= 0.6 is 11.6 Å². The minimum absolute atomic E-state index is 0.110. The molecule has 0 unspecified atom stereocenters. The lowest BCUT2D eigenvalue weighted by Gasteiger charge is -2.35. The first-order chi connectivity index (χ1) is 13.6. The number of nitrogens with one attached hydrogen (secondary N) is 1. The SMILES string of the molecule is CN(CCCNC(=O)CN1CCN(c2cccc(Cl)c2)CC1)c1ccccc1. The second-order valence-corrected chi connectivity index (χ2v) is 7.64. The van der Waals surface area contributed by atoms with E-state index in [9.17, 15) is 4.79 Å². The average Bonchev–Trinajstić information content (AvgIpc) is 2.72. The van der Waals surface area contributed by atoms with Crippen molar-refractivity contribution in [1.82, 2.24) is 10.2 Å². The van der Waals surface area contributed by atoms with Gasteiger partial charge in [0.15, 0.2) is 0 Å². The fourth-order valence-corrected chi connectivity index (χ4v) is 3.64. The monoisotopic (exact) mass is 400 g/mol. The van der Waals surface area contributed by atoms with Gasteiger partial charge in [-0.1, -0.05) is 35.9 Å². The van der Waals surface area contributed by atoms with Gasteiger partial charge in [-0.2, -0.15) is 0 Å². The van der Waals surface area contributed by atoms with E-state index < -0.39 is 0 Å². The molecule has 0 bridgehead atoms. The topological polar surface area (TPSA) is 38.8 Å². The van der Waals surface area contributed by atoms with E-state index in [-0.39, 0.29) is 5.91 Å². The zero-order chi connectivity index (χ0) is 19.8. The van der Waals surface area contributed by atoms with E-state index in [1.54, 1.807) is 0 Å². The first-order valence-corrected chi connectivity index (χ1v) is 10.3. The third-order valence-corrected chi connectivity index (χ3v) is 5.34. The van der Waals surface area contributed by atoms with Crippen molar-refractivity contribution in [3.05, 3.63) is 59.6 Å². The van der Waals surface area contributed by atoms with Crippen molar-refractivity contribution in [2.24, 2.45) is 0 Å². The van der Waals surface area contributed by atoms with Gasteiger partial charge < -0.3 is 15.1 Å². The van der Waals surface area contributed by atoms with Gasteiger partial charge in [-0.05, 0) is 36.8 Å². The molecule has 6 heteroatoms. The van der Waals surface area contributed by atoms with Crippen LogP contribution in [0.3, 0.4) is 0 Å². The maximum Gasteiger partial charge on any atom is 0.234 e. The summed E-state index contributed by atoms with van der Waals surface area (Å²) in [5.74, 6) is 0.110. The van der Waals surface area contributed by atoms with Crippen LogP contribution in [-0.4, -0.2) is 63.7 Å². The third kappa shape index (κ3) is 6.14. The van der Waals surface area contributed by atoms with Crippen LogP contribution in [0.15, 0.2) is 54.6 Å². The Balaban J connectivity index is 1.31. The number of piperazine rings is 1. The molecule has 1 aliphatic rings. The standard InChI is InChI=1S/C22H29ClN4O/c1-25(20-8-3-2-4-9-20)12-6-11-24-22(28)18-26-13-15-27(16-14-26)21-10-5-7-19(23)17-21/h2-5,7-10,17H,6,11-16,18H2,1H3,(H,24,28). The van der Waals surface area contributed by atoms with Crippen LogP contribution in [-0.2, 0) is 4.79 Å². The molecular weight excluding hydrogens is 372 g/mol. The molecule has 1 saturated heterocycles. The zero-order valence-corrected chi connectivity index (χ0v) is 17.2. The van der Waals surface area contributed by atoms with Crippen molar-refractivity contribution in [1.29, 1.82) is 0 Å². The molecule has 1 fully saturated rings. The summed E-state index contributed by atoms with van der Waals surface area (Å²) in [6, 6.07) is 18.3. The number of anilines is 2. The number of hydrogen-bond acceptors (Lipinski definition) is 4. The molecule has 1 heterocycles. The summed E-state index contributed by atoms with van der Waals surface area (Å²) in [4.78, 5) is 19.0. The van der Waals surface area contributed by atoms with Gasteiger partial charge in [-0.3, -0.25) is 9.69 Å². The zero-order valence-electron chi connectivity index (χ0n) is 16.5. The first kappa shape index (κ1) is 20.5. The summed E-state index contributed by atoms with van der Waals surface area (Å²) in [6.45, 7) is 5.69. The number of para-hydroxylation sites is 1. The largest absolute Gasteiger partial charge is 0.375 e. The Morgan fingerprint density at radius 1 is 1.07 bits per heavy atom. The van der Waals surface area contributed by atoms with Crippen LogP contribution in [0.4, 0.5) is 11.4 Å². The Hall–Kier alpha value is -2.24. The van der Waals surface area contributed by atoms with Crippen molar-refractivity contribution >= 4 is 28.9 Å². The molecular formula is C22H29ClN4O. The van der Waals surface area contributed by atoms with Crippen LogP contribution in [0.1, 0.15) is 6.42 Å². The molecule has 3 rings (SSSR count). The number of hydrogen-bond donors (Lipinski definition) is 1. The van der Waals surface area contributed by atoms with Crippen LogP contribution in [0.5, 0.6) is 0 Å². The van der Waals surface area contributed by atoms with E-state index in [4.69, 9.17) is 11.6 Å². The minimum Gasteiger partial charge on any atom is -0.375 e. The highest BCUT2D eigenvalue weighted by Crippen LogP contribution is 2.20. The Kier molecular flexibility index (Phi) is 7.57. The molecule has 150 valence electrons. The maximum atomic E-state index is 12.2. The Labute approximate surface area is 172 Å². The molecule has 2 aromatic rings. The van der Waals surface area contributed by atoms with Crippen molar-refractivity contribution < 1.29 is 4.79 Å². The van der Waals surface area contributed by atoms with E-state index in [0.717, 1.165) is 49.9 Å². The predicted molar refractivity (Wildman–Crippen MR) is 117 cm³/mol. The predicted octanol–water partition coefficient (Wildman–Crippen LogP) is 3.10. The summed E-state index contributed by atoms with van der Waals surface area (Å²) < 4.78 is 0. The van der Waals surface area contributed by atoms with Crippen molar-refractivity contribution in [3.8, 4) is 0 Å². The van der Waals surface area contributed by atoms with Gasteiger partial charge in [0.25, 0.3) is 0 Å². The normalized spacial score (nSPS) is 14.7. The van der Waals surface area contributed by atoms with Crippen LogP contribution in [0.25, 0.3) is 0 Å². The Morgan fingerprint density at radius 3 is 2.54 bits per heavy atom. The molecule has 0 radical (unpaired) electrons. The van der Waals surface area contributed by atoms with Gasteiger partial charge in [0.05, 0.1) is 6.54 Å². The van der Waals surface area contributed by atoms with Gasteiger partial charge in [0, 0.05) is 62.7 Å². The van der Waals surface area contributed by atoms with E-state index in [1.165, 1.54) is 5.69 Å². The molecule has 2 aromatic carbocycles. The molecule has 0 spiro atoms. The number of carbonyl (C=O) groups is 1. The fraction of sp³-hybridized carbons (Fsp3) is 0.409. The van der Waals surface area contributed by atoms with Crippen molar-refractivity contribution in [3.63, 3.8) is 0 Å². The van der Waals surface area contributed by atoms with Crippen LogP contribution < -0.4 is 15.1 Å². The number of rotatable bonds is 8. The first-order valence-electron chi connectivity index (χ1n) is 9.87. The molecule has 0 atom stereocenters. The molecule has 5 nitrogen and oxygen atoms in total. The molecule has 1 amide bonds. The lowest BCUT2D eigenvalue weighted by molar-refractivity contribution is -0.122. The highest BCUT2D eigenvalue weighted by molar-refractivity contribution is 6.30. The van der Waals surface area contributed by atoms with Crippen LogP contribution in [0, 0.1) is 0 Å². The summed E-state index contributed by atoms with van der Waals surface area (Å²) in [7, 11) is 2.08. The molecule has 1 N–H and O–H groups in total. The van der Waals surface area contributed by atoms with E-state index in [1.807, 2.05) is 36.4 Å². The molecule has 0 aromatic heterocycles. The van der Waals surface area contributed by atoms with Crippen molar-refractivity contribution in [2.75, 3.05) is 62.7 Å². The quantitative estimate of drug-likeness (QED) is 0.691. The summed E-state index contributed by atoms with van der Waals surface area (Å²) in [5, 5.41) is 3.81. The van der Waals surface area contributed by atoms with E-state index >= 15 is 0 Å². The average molecular weight is 401 g/mol. The number of carbonyl (C=O) groups excluding carboxylic acids is 1. The smallest absolute Gasteiger partial charge is 0.234 e. The Bertz CT molecular complexity index is 747. The second kappa shape index (κ2) is 10.3. The highest BCUT2D eigenvalue weighted by Gasteiger charge is 2.19. The Morgan fingerprint density at radius 2 is 1.82 bits per heavy atom. The summed E-state index contributed by atoms with van der Waals surface area (Å²) in [5.41, 5.74) is 2.35. The van der Waals surface area contributed by atoms with Gasteiger partial charge in [-0.25, -0.2) is 0 Å².